The number of anilines is 3. The van der Waals surface area contributed by atoms with E-state index in [-0.39, 0.29) is 1.43 Å². The third kappa shape index (κ3) is 2.95. The summed E-state index contributed by atoms with van der Waals surface area (Å²) in [5.41, 5.74) is 2.85. The fourth-order valence-corrected chi connectivity index (χ4v) is 3.84. The van der Waals surface area contributed by atoms with E-state index in [0.717, 1.165) is 54.1 Å². The van der Waals surface area contributed by atoms with Crippen molar-refractivity contribution in [3.05, 3.63) is 42.6 Å². The van der Waals surface area contributed by atoms with Crippen LogP contribution in [0.25, 0.3) is 16.6 Å². The molecule has 4 aromatic rings. The Bertz CT molecular complexity index is 1130. The minimum absolute atomic E-state index is 0. The van der Waals surface area contributed by atoms with Gasteiger partial charge in [0, 0.05) is 45.9 Å². The molecule has 1 fully saturated rings. The normalized spacial score (nSPS) is 15.4. The number of benzene rings is 1. The maximum atomic E-state index is 5.50. The Kier molecular flexibility index (Phi) is 4.12. The topological polar surface area (TPSA) is 72.5 Å². The van der Waals surface area contributed by atoms with Crippen LogP contribution < -0.4 is 10.2 Å². The van der Waals surface area contributed by atoms with Crippen LogP contribution in [0.5, 0.6) is 0 Å². The summed E-state index contributed by atoms with van der Waals surface area (Å²) < 4.78 is 9.26. The standard InChI is InChI=1S/C20H23N7O.H2/c1-25(16-8-10-28-11-9-16)19-5-3-4-18-23-20(24-27(18)19)22-15-6-7-17-14(12-15)13-21-26(17)2;/h3-7,12-13,16H,8-11H2,1-2H3,(H,22,24);1H. The highest BCUT2D eigenvalue weighted by Crippen LogP contribution is 2.24. The molecule has 1 aromatic carbocycles. The average molecular weight is 379 g/mol. The SMILES string of the molecule is CN(c1cccc2nc(Nc3ccc4c(cnn4C)c3)nn12)C1CCOCC1.[HH]. The Morgan fingerprint density at radius 3 is 2.93 bits per heavy atom. The molecule has 0 atom stereocenters. The monoisotopic (exact) mass is 379 g/mol. The van der Waals surface area contributed by atoms with Crippen LogP contribution >= 0.6 is 0 Å². The molecule has 8 heteroatoms. The first kappa shape index (κ1) is 17.0. The third-order valence-electron chi connectivity index (χ3n) is 5.44. The highest BCUT2D eigenvalue weighted by molar-refractivity contribution is 5.83. The number of nitrogens with zero attached hydrogens (tertiary/aromatic N) is 6. The van der Waals surface area contributed by atoms with Gasteiger partial charge in [-0.2, -0.15) is 14.6 Å². The Balaban J connectivity index is 0.00000205. The van der Waals surface area contributed by atoms with E-state index >= 15 is 0 Å². The molecule has 0 spiro atoms. The number of fused-ring (bicyclic) bond motifs is 2. The van der Waals surface area contributed by atoms with Crippen molar-refractivity contribution in [1.29, 1.82) is 0 Å². The van der Waals surface area contributed by atoms with Gasteiger partial charge in [0.25, 0.3) is 0 Å². The number of aryl methyl sites for hydroxylation is 1. The van der Waals surface area contributed by atoms with Gasteiger partial charge in [-0.15, -0.1) is 5.10 Å². The molecular weight excluding hydrogens is 354 g/mol. The Labute approximate surface area is 164 Å². The van der Waals surface area contributed by atoms with E-state index in [9.17, 15) is 0 Å². The predicted octanol–water partition coefficient (Wildman–Crippen LogP) is 3.22. The molecule has 4 heterocycles. The van der Waals surface area contributed by atoms with Crippen molar-refractivity contribution >= 4 is 34.0 Å². The van der Waals surface area contributed by atoms with E-state index in [0.29, 0.717) is 12.0 Å². The third-order valence-corrected chi connectivity index (χ3v) is 5.44. The quantitative estimate of drug-likeness (QED) is 0.587. The molecule has 0 radical (unpaired) electrons. The summed E-state index contributed by atoms with van der Waals surface area (Å²) >= 11 is 0. The molecule has 0 amide bonds. The summed E-state index contributed by atoms with van der Waals surface area (Å²) in [6.07, 6.45) is 3.91. The molecule has 5 rings (SSSR count). The summed E-state index contributed by atoms with van der Waals surface area (Å²) in [7, 11) is 4.06. The van der Waals surface area contributed by atoms with Gasteiger partial charge in [0.15, 0.2) is 5.65 Å². The Morgan fingerprint density at radius 1 is 1.21 bits per heavy atom. The van der Waals surface area contributed by atoms with Crippen LogP contribution in [-0.4, -0.2) is 50.7 Å². The molecule has 1 aliphatic heterocycles. The molecule has 1 saturated heterocycles. The maximum absolute atomic E-state index is 5.50. The molecule has 0 bridgehead atoms. The van der Waals surface area contributed by atoms with Crippen molar-refractivity contribution in [2.24, 2.45) is 7.05 Å². The molecular formula is C20H25N7O. The lowest BCUT2D eigenvalue weighted by Crippen LogP contribution is -2.37. The summed E-state index contributed by atoms with van der Waals surface area (Å²) in [5, 5.41) is 13.4. The molecule has 28 heavy (non-hydrogen) atoms. The molecule has 0 aliphatic carbocycles. The first-order chi connectivity index (χ1) is 13.7. The Hall–Kier alpha value is -3.13. The molecule has 3 aromatic heterocycles. The predicted molar refractivity (Wildman–Crippen MR) is 111 cm³/mol. The zero-order valence-electron chi connectivity index (χ0n) is 16.0. The molecule has 0 unspecified atom stereocenters. The number of hydrogen-bond donors (Lipinski definition) is 1. The van der Waals surface area contributed by atoms with Gasteiger partial charge in [-0.3, -0.25) is 4.68 Å². The second-order valence-electron chi connectivity index (χ2n) is 7.21. The summed E-state index contributed by atoms with van der Waals surface area (Å²) in [6.45, 7) is 1.62. The second kappa shape index (κ2) is 6.79. The highest BCUT2D eigenvalue weighted by Gasteiger charge is 2.21. The van der Waals surface area contributed by atoms with Gasteiger partial charge in [0.1, 0.15) is 5.82 Å². The van der Waals surface area contributed by atoms with Gasteiger partial charge in [-0.25, -0.2) is 0 Å². The number of nitrogens with one attached hydrogen (secondary N) is 1. The van der Waals surface area contributed by atoms with E-state index in [1.165, 1.54) is 0 Å². The van der Waals surface area contributed by atoms with E-state index in [4.69, 9.17) is 9.84 Å². The van der Waals surface area contributed by atoms with Crippen molar-refractivity contribution < 1.29 is 6.16 Å². The molecule has 1 N–H and O–H groups in total. The summed E-state index contributed by atoms with van der Waals surface area (Å²) in [5.74, 6) is 1.61. The van der Waals surface area contributed by atoms with Crippen LogP contribution in [0.2, 0.25) is 0 Å². The van der Waals surface area contributed by atoms with Crippen molar-refractivity contribution in [2.45, 2.75) is 18.9 Å². The molecule has 0 saturated carbocycles. The zero-order chi connectivity index (χ0) is 19.1. The van der Waals surface area contributed by atoms with Crippen LogP contribution in [0.4, 0.5) is 17.5 Å². The van der Waals surface area contributed by atoms with Crippen molar-refractivity contribution in [2.75, 3.05) is 30.5 Å². The first-order valence-corrected chi connectivity index (χ1v) is 9.54. The molecule has 8 nitrogen and oxygen atoms in total. The van der Waals surface area contributed by atoms with E-state index in [1.807, 2.05) is 46.7 Å². The number of hydrogen-bond acceptors (Lipinski definition) is 6. The lowest BCUT2D eigenvalue weighted by Gasteiger charge is -2.32. The lowest BCUT2D eigenvalue weighted by molar-refractivity contribution is 0.0853. The smallest absolute Gasteiger partial charge is 0.247 e. The zero-order valence-corrected chi connectivity index (χ0v) is 16.0. The van der Waals surface area contributed by atoms with Crippen molar-refractivity contribution in [1.82, 2.24) is 24.4 Å². The largest absolute Gasteiger partial charge is 0.381 e. The molecule has 1 aliphatic rings. The van der Waals surface area contributed by atoms with Crippen molar-refractivity contribution in [3.8, 4) is 0 Å². The van der Waals surface area contributed by atoms with Gasteiger partial charge < -0.3 is 15.0 Å². The van der Waals surface area contributed by atoms with Crippen LogP contribution in [0, 0.1) is 0 Å². The average Bonchev–Trinajstić information content (AvgIpc) is 3.30. The number of aromatic nitrogens is 5. The Morgan fingerprint density at radius 2 is 2.07 bits per heavy atom. The van der Waals surface area contributed by atoms with Crippen LogP contribution in [-0.2, 0) is 11.8 Å². The maximum Gasteiger partial charge on any atom is 0.247 e. The highest BCUT2D eigenvalue weighted by atomic mass is 16.5. The second-order valence-corrected chi connectivity index (χ2v) is 7.21. The minimum atomic E-state index is 0. The van der Waals surface area contributed by atoms with E-state index < -0.39 is 0 Å². The van der Waals surface area contributed by atoms with Crippen molar-refractivity contribution in [3.63, 3.8) is 0 Å². The number of rotatable bonds is 4. The van der Waals surface area contributed by atoms with Crippen LogP contribution in [0.1, 0.15) is 14.3 Å². The fraction of sp³-hybridized carbons (Fsp3) is 0.350. The van der Waals surface area contributed by atoms with Crippen LogP contribution in [0.15, 0.2) is 42.6 Å². The summed E-state index contributed by atoms with van der Waals surface area (Å²) in [4.78, 5) is 6.94. The van der Waals surface area contributed by atoms with Gasteiger partial charge >= 0.3 is 0 Å². The van der Waals surface area contributed by atoms with Crippen LogP contribution in [0.3, 0.4) is 0 Å². The fourth-order valence-electron chi connectivity index (χ4n) is 3.84. The number of pyridine rings is 1. The molecule has 146 valence electrons. The lowest BCUT2D eigenvalue weighted by atomic mass is 10.1. The number of ether oxygens (including phenoxy) is 1. The van der Waals surface area contributed by atoms with Gasteiger partial charge in [-0.1, -0.05) is 6.07 Å². The van der Waals surface area contributed by atoms with Gasteiger partial charge in [0.05, 0.1) is 11.7 Å². The van der Waals surface area contributed by atoms with Gasteiger partial charge in [0.2, 0.25) is 5.95 Å². The van der Waals surface area contributed by atoms with E-state index in [1.54, 1.807) is 0 Å². The minimum Gasteiger partial charge on any atom is -0.381 e. The first-order valence-electron chi connectivity index (χ1n) is 9.54. The van der Waals surface area contributed by atoms with Gasteiger partial charge in [-0.05, 0) is 43.2 Å². The summed E-state index contributed by atoms with van der Waals surface area (Å²) in [6, 6.07) is 12.7. The van der Waals surface area contributed by atoms with E-state index in [2.05, 4.69) is 39.5 Å².